The van der Waals surface area contributed by atoms with Gasteiger partial charge in [0.2, 0.25) is 0 Å². The van der Waals surface area contributed by atoms with Crippen LogP contribution < -0.4 is 10.6 Å². The van der Waals surface area contributed by atoms with Crippen molar-refractivity contribution < 1.29 is 0 Å². The molecule has 0 aliphatic rings. The van der Waals surface area contributed by atoms with Crippen LogP contribution in [0.25, 0.3) is 0 Å². The number of anilines is 2. The average Bonchev–Trinajstić information content (AvgIpc) is 2.29. The van der Waals surface area contributed by atoms with Crippen molar-refractivity contribution in [2.75, 3.05) is 23.7 Å². The summed E-state index contributed by atoms with van der Waals surface area (Å²) < 4.78 is 0. The van der Waals surface area contributed by atoms with Crippen LogP contribution in [0.4, 0.5) is 11.5 Å². The molecule has 1 aromatic rings. The maximum Gasteiger partial charge on any atom is 0.152 e. The first-order valence-corrected chi connectivity index (χ1v) is 6.06. The Hall–Kier alpha value is -1.25. The molecule has 90 valence electrons. The Morgan fingerprint density at radius 1 is 1.44 bits per heavy atom. The van der Waals surface area contributed by atoms with E-state index in [2.05, 4.69) is 30.7 Å². The van der Waals surface area contributed by atoms with E-state index in [0.29, 0.717) is 5.92 Å². The molecule has 0 bridgehead atoms. The second kappa shape index (κ2) is 5.73. The molecule has 0 radical (unpaired) electrons. The molecule has 1 heterocycles. The SMILES string of the molecule is CCC(C)CN(CC)c1nccc(C)c1N. The minimum Gasteiger partial charge on any atom is -0.396 e. The van der Waals surface area contributed by atoms with Gasteiger partial charge in [0, 0.05) is 19.3 Å². The van der Waals surface area contributed by atoms with Gasteiger partial charge in [0.1, 0.15) is 0 Å². The molecule has 0 spiro atoms. The lowest BCUT2D eigenvalue weighted by atomic mass is 10.1. The normalized spacial score (nSPS) is 12.5. The Morgan fingerprint density at radius 2 is 2.12 bits per heavy atom. The Morgan fingerprint density at radius 3 is 2.69 bits per heavy atom. The fourth-order valence-corrected chi connectivity index (χ4v) is 1.68. The van der Waals surface area contributed by atoms with Crippen LogP contribution in [0.1, 0.15) is 32.8 Å². The lowest BCUT2D eigenvalue weighted by Gasteiger charge is -2.26. The van der Waals surface area contributed by atoms with Crippen LogP contribution in [0.2, 0.25) is 0 Å². The molecule has 3 nitrogen and oxygen atoms in total. The minimum atomic E-state index is 0.668. The molecular formula is C13H23N3. The molecule has 2 N–H and O–H groups in total. The van der Waals surface area contributed by atoms with Gasteiger partial charge in [0.15, 0.2) is 5.82 Å². The van der Waals surface area contributed by atoms with Crippen molar-refractivity contribution in [1.29, 1.82) is 0 Å². The largest absolute Gasteiger partial charge is 0.396 e. The van der Waals surface area contributed by atoms with Crippen LogP contribution >= 0.6 is 0 Å². The average molecular weight is 221 g/mol. The highest BCUT2D eigenvalue weighted by atomic mass is 15.2. The Balaban J connectivity index is 2.90. The van der Waals surface area contributed by atoms with Crippen LogP contribution in [0.15, 0.2) is 12.3 Å². The van der Waals surface area contributed by atoms with Crippen molar-refractivity contribution >= 4 is 11.5 Å². The maximum absolute atomic E-state index is 6.07. The van der Waals surface area contributed by atoms with Gasteiger partial charge in [0.25, 0.3) is 0 Å². The molecule has 3 heteroatoms. The Bertz CT molecular complexity index is 336. The summed E-state index contributed by atoms with van der Waals surface area (Å²) in [6.07, 6.45) is 3.02. The number of aryl methyl sites for hydroxylation is 1. The van der Waals surface area contributed by atoms with Gasteiger partial charge in [-0.05, 0) is 31.4 Å². The van der Waals surface area contributed by atoms with Gasteiger partial charge < -0.3 is 10.6 Å². The van der Waals surface area contributed by atoms with E-state index in [1.807, 2.05) is 19.2 Å². The van der Waals surface area contributed by atoms with Crippen LogP contribution in [-0.2, 0) is 0 Å². The molecule has 0 aliphatic carbocycles. The van der Waals surface area contributed by atoms with E-state index in [1.165, 1.54) is 6.42 Å². The molecule has 0 fully saturated rings. The number of nitrogens with zero attached hydrogens (tertiary/aromatic N) is 2. The van der Waals surface area contributed by atoms with Gasteiger partial charge in [-0.15, -0.1) is 0 Å². The van der Waals surface area contributed by atoms with E-state index >= 15 is 0 Å². The molecule has 16 heavy (non-hydrogen) atoms. The first-order chi connectivity index (χ1) is 7.60. The molecule has 1 rings (SSSR count). The number of hydrogen-bond acceptors (Lipinski definition) is 3. The summed E-state index contributed by atoms with van der Waals surface area (Å²) in [4.78, 5) is 6.66. The summed E-state index contributed by atoms with van der Waals surface area (Å²) in [5.41, 5.74) is 7.99. The number of nitrogens with two attached hydrogens (primary N) is 1. The highest BCUT2D eigenvalue weighted by Crippen LogP contribution is 2.24. The Labute approximate surface area is 98.7 Å². The van der Waals surface area contributed by atoms with E-state index in [9.17, 15) is 0 Å². The standard InChI is InChI=1S/C13H23N3/c1-5-10(3)9-16(6-2)13-12(14)11(4)7-8-15-13/h7-8,10H,5-6,9,14H2,1-4H3. The van der Waals surface area contributed by atoms with Gasteiger partial charge in [-0.3, -0.25) is 0 Å². The molecule has 0 amide bonds. The maximum atomic E-state index is 6.07. The van der Waals surface area contributed by atoms with Crippen LogP contribution in [0.5, 0.6) is 0 Å². The van der Waals surface area contributed by atoms with Crippen molar-refractivity contribution in [2.45, 2.75) is 34.1 Å². The van der Waals surface area contributed by atoms with E-state index in [0.717, 1.165) is 30.2 Å². The predicted molar refractivity (Wildman–Crippen MR) is 70.7 cm³/mol. The topological polar surface area (TPSA) is 42.2 Å². The first-order valence-electron chi connectivity index (χ1n) is 6.06. The number of pyridine rings is 1. The monoisotopic (exact) mass is 221 g/mol. The van der Waals surface area contributed by atoms with E-state index in [-0.39, 0.29) is 0 Å². The molecular weight excluding hydrogens is 198 g/mol. The predicted octanol–water partition coefficient (Wildman–Crippen LogP) is 2.84. The number of nitrogen functional groups attached to an aromatic ring is 1. The zero-order valence-electron chi connectivity index (χ0n) is 10.8. The molecule has 1 aromatic heterocycles. The second-order valence-corrected chi connectivity index (χ2v) is 4.42. The van der Waals surface area contributed by atoms with Crippen molar-refractivity contribution in [3.05, 3.63) is 17.8 Å². The summed E-state index contributed by atoms with van der Waals surface area (Å²) in [5, 5.41) is 0. The van der Waals surface area contributed by atoms with Crippen LogP contribution in [0, 0.1) is 12.8 Å². The molecule has 0 aliphatic heterocycles. The Kier molecular flexibility index (Phi) is 4.59. The quantitative estimate of drug-likeness (QED) is 0.831. The van der Waals surface area contributed by atoms with Gasteiger partial charge in [-0.1, -0.05) is 20.3 Å². The summed E-state index contributed by atoms with van der Waals surface area (Å²) in [7, 11) is 0. The lowest BCUT2D eigenvalue weighted by molar-refractivity contribution is 0.546. The molecule has 0 saturated carbocycles. The second-order valence-electron chi connectivity index (χ2n) is 4.42. The van der Waals surface area contributed by atoms with Gasteiger partial charge in [-0.25, -0.2) is 4.98 Å². The molecule has 1 unspecified atom stereocenters. The van der Waals surface area contributed by atoms with Gasteiger partial charge in [0.05, 0.1) is 5.69 Å². The van der Waals surface area contributed by atoms with Crippen LogP contribution in [-0.4, -0.2) is 18.1 Å². The summed E-state index contributed by atoms with van der Waals surface area (Å²) >= 11 is 0. The van der Waals surface area contributed by atoms with Crippen LogP contribution in [0.3, 0.4) is 0 Å². The fraction of sp³-hybridized carbons (Fsp3) is 0.615. The third-order valence-electron chi connectivity index (χ3n) is 3.10. The third-order valence-corrected chi connectivity index (χ3v) is 3.10. The van der Waals surface area contributed by atoms with Crippen molar-refractivity contribution in [1.82, 2.24) is 4.98 Å². The van der Waals surface area contributed by atoms with E-state index in [1.54, 1.807) is 0 Å². The summed E-state index contributed by atoms with van der Waals surface area (Å²) in [5.74, 6) is 1.60. The van der Waals surface area contributed by atoms with E-state index in [4.69, 9.17) is 5.73 Å². The van der Waals surface area contributed by atoms with Gasteiger partial charge in [-0.2, -0.15) is 0 Å². The highest BCUT2D eigenvalue weighted by Gasteiger charge is 2.13. The zero-order valence-corrected chi connectivity index (χ0v) is 10.8. The van der Waals surface area contributed by atoms with Crippen molar-refractivity contribution in [3.63, 3.8) is 0 Å². The summed E-state index contributed by atoms with van der Waals surface area (Å²) in [6, 6.07) is 1.95. The molecule has 1 atom stereocenters. The molecule has 0 saturated heterocycles. The highest BCUT2D eigenvalue weighted by molar-refractivity contribution is 5.66. The lowest BCUT2D eigenvalue weighted by Crippen LogP contribution is -2.29. The fourth-order valence-electron chi connectivity index (χ4n) is 1.68. The smallest absolute Gasteiger partial charge is 0.152 e. The first kappa shape index (κ1) is 12.8. The van der Waals surface area contributed by atoms with E-state index < -0.39 is 0 Å². The minimum absolute atomic E-state index is 0.668. The zero-order chi connectivity index (χ0) is 12.1. The van der Waals surface area contributed by atoms with Crippen molar-refractivity contribution in [3.8, 4) is 0 Å². The molecule has 0 aromatic carbocycles. The number of hydrogen-bond donors (Lipinski definition) is 1. The van der Waals surface area contributed by atoms with Crippen molar-refractivity contribution in [2.24, 2.45) is 5.92 Å². The third kappa shape index (κ3) is 2.87. The number of aromatic nitrogens is 1. The summed E-state index contributed by atoms with van der Waals surface area (Å²) in [6.45, 7) is 10.6. The number of rotatable bonds is 5. The van der Waals surface area contributed by atoms with Gasteiger partial charge >= 0.3 is 0 Å².